The van der Waals surface area contributed by atoms with Crippen molar-refractivity contribution in [2.75, 3.05) is 19.7 Å². The van der Waals surface area contributed by atoms with Crippen molar-refractivity contribution < 1.29 is 23.8 Å². The maximum Gasteiger partial charge on any atom is 0.335 e. The summed E-state index contributed by atoms with van der Waals surface area (Å²) in [7, 11) is 0. The van der Waals surface area contributed by atoms with Crippen LogP contribution in [0.5, 0.6) is 5.75 Å². The molecular formula is C31H28ClFN4O4. The molecule has 1 N–H and O–H groups in total. The number of imidazole rings is 1. The van der Waals surface area contributed by atoms with Crippen molar-refractivity contribution in [2.45, 2.75) is 44.6 Å². The lowest BCUT2D eigenvalue weighted by Crippen LogP contribution is -2.32. The molecule has 210 valence electrons. The smallest absolute Gasteiger partial charge is 0.335 e. The summed E-state index contributed by atoms with van der Waals surface area (Å²) >= 11 is 5.97. The van der Waals surface area contributed by atoms with Crippen LogP contribution in [0.2, 0.25) is 5.02 Å². The van der Waals surface area contributed by atoms with E-state index in [0.29, 0.717) is 35.0 Å². The van der Waals surface area contributed by atoms with Gasteiger partial charge in [-0.05, 0) is 79.4 Å². The first kappa shape index (κ1) is 27.2. The van der Waals surface area contributed by atoms with Gasteiger partial charge in [-0.1, -0.05) is 17.7 Å². The van der Waals surface area contributed by atoms with Crippen molar-refractivity contribution in [3.05, 3.63) is 93.5 Å². The Labute approximate surface area is 241 Å². The topological polar surface area (TPSA) is 101 Å². The van der Waals surface area contributed by atoms with Gasteiger partial charge in [-0.2, -0.15) is 5.26 Å². The summed E-state index contributed by atoms with van der Waals surface area (Å²) in [5, 5.41) is 19.3. The van der Waals surface area contributed by atoms with Crippen LogP contribution < -0.4 is 4.74 Å². The molecule has 6 rings (SSSR count). The number of hydrogen-bond donors (Lipinski definition) is 1. The Hall–Kier alpha value is -3.97. The summed E-state index contributed by atoms with van der Waals surface area (Å²) in [5.41, 5.74) is 3.56. The van der Waals surface area contributed by atoms with E-state index in [0.717, 1.165) is 55.0 Å². The van der Waals surface area contributed by atoms with Crippen molar-refractivity contribution in [1.82, 2.24) is 14.5 Å². The van der Waals surface area contributed by atoms with E-state index in [2.05, 4.69) is 15.5 Å². The molecular weight excluding hydrogens is 547 g/mol. The zero-order valence-corrected chi connectivity index (χ0v) is 23.0. The molecule has 3 heterocycles. The molecule has 0 aliphatic carbocycles. The number of aromatic carboxylic acids is 1. The maximum absolute atomic E-state index is 14.7. The first-order valence-electron chi connectivity index (χ1n) is 13.5. The number of aromatic nitrogens is 2. The monoisotopic (exact) mass is 574 g/mol. The van der Waals surface area contributed by atoms with E-state index >= 15 is 0 Å². The number of nitrogens with zero attached hydrogens (tertiary/aromatic N) is 4. The van der Waals surface area contributed by atoms with Crippen LogP contribution >= 0.6 is 11.6 Å². The molecule has 4 aromatic rings. The van der Waals surface area contributed by atoms with E-state index in [1.165, 1.54) is 12.1 Å². The Kier molecular flexibility index (Phi) is 7.63. The van der Waals surface area contributed by atoms with Crippen molar-refractivity contribution in [3.63, 3.8) is 0 Å². The summed E-state index contributed by atoms with van der Waals surface area (Å²) < 4.78 is 28.3. The highest BCUT2D eigenvalue weighted by Crippen LogP contribution is 2.31. The summed E-state index contributed by atoms with van der Waals surface area (Å²) in [5.74, 6) is 0.128. The van der Waals surface area contributed by atoms with Gasteiger partial charge in [0.15, 0.2) is 0 Å². The highest BCUT2D eigenvalue weighted by Gasteiger charge is 2.28. The first-order chi connectivity index (χ1) is 19.9. The highest BCUT2D eigenvalue weighted by atomic mass is 35.5. The summed E-state index contributed by atoms with van der Waals surface area (Å²) in [6.45, 7) is 3.63. The Morgan fingerprint density at radius 2 is 2.05 bits per heavy atom. The van der Waals surface area contributed by atoms with Crippen molar-refractivity contribution in [1.29, 1.82) is 5.26 Å². The molecule has 0 spiro atoms. The lowest BCUT2D eigenvalue weighted by molar-refractivity contribution is -0.0591. The van der Waals surface area contributed by atoms with Gasteiger partial charge in [0, 0.05) is 23.7 Å². The first-order valence-corrected chi connectivity index (χ1v) is 13.9. The Morgan fingerprint density at radius 3 is 2.80 bits per heavy atom. The molecule has 0 saturated carbocycles. The van der Waals surface area contributed by atoms with Crippen molar-refractivity contribution in [3.8, 4) is 11.8 Å². The third-order valence-corrected chi connectivity index (χ3v) is 8.11. The maximum atomic E-state index is 14.7. The lowest BCUT2D eigenvalue weighted by atomic mass is 9.96. The fourth-order valence-corrected chi connectivity index (χ4v) is 5.71. The normalized spacial score (nSPS) is 18.8. The number of likely N-dealkylation sites (tertiary alicyclic amines) is 1. The van der Waals surface area contributed by atoms with Gasteiger partial charge in [0.25, 0.3) is 0 Å². The Morgan fingerprint density at radius 1 is 1.20 bits per heavy atom. The minimum absolute atomic E-state index is 0.00197. The van der Waals surface area contributed by atoms with E-state index in [-0.39, 0.29) is 30.0 Å². The van der Waals surface area contributed by atoms with Gasteiger partial charge in [0.1, 0.15) is 30.1 Å². The van der Waals surface area contributed by atoms with E-state index in [1.807, 2.05) is 12.1 Å². The SMILES string of the molecule is N#Cc1cc(Cl)ccc1OCc1cc([C@@H]2CCN(Cc3nc4ccc(C(=O)O)cc4n3C[C@@H]3CCO3)C2)ccc1F. The molecule has 0 unspecified atom stereocenters. The summed E-state index contributed by atoms with van der Waals surface area (Å²) in [4.78, 5) is 18.8. The van der Waals surface area contributed by atoms with Crippen LogP contribution in [0.1, 0.15) is 51.6 Å². The Bertz CT molecular complexity index is 1660. The average molecular weight is 575 g/mol. The third kappa shape index (κ3) is 5.77. The molecule has 2 aliphatic rings. The molecule has 2 atom stereocenters. The fourth-order valence-electron chi connectivity index (χ4n) is 5.54. The summed E-state index contributed by atoms with van der Waals surface area (Å²) in [6.07, 6.45) is 1.98. The van der Waals surface area contributed by atoms with E-state index in [9.17, 15) is 19.6 Å². The number of ether oxygens (including phenoxy) is 2. The number of carbonyl (C=O) groups is 1. The number of benzene rings is 3. The molecule has 2 saturated heterocycles. The molecule has 1 aromatic heterocycles. The van der Waals surface area contributed by atoms with Gasteiger partial charge in [0.05, 0.1) is 41.4 Å². The molecule has 0 amide bonds. The third-order valence-electron chi connectivity index (χ3n) is 7.88. The van der Waals surface area contributed by atoms with Gasteiger partial charge in [0.2, 0.25) is 0 Å². The average Bonchev–Trinajstić information content (AvgIpc) is 3.54. The standard InChI is InChI=1S/C31H28ClFN4O4/c32-24-3-6-29(22(12-24)14-34)41-18-23-11-19(1-4-26(23)33)21-7-9-36(15-21)17-30-35-27-5-2-20(31(38)39)13-28(27)37(30)16-25-8-10-40-25/h1-6,11-13,21,25H,7-10,15-18H2,(H,38,39)/t21-,25+/m1/s1. The number of hydrogen-bond acceptors (Lipinski definition) is 6. The number of nitriles is 1. The molecule has 0 bridgehead atoms. The van der Waals surface area contributed by atoms with Gasteiger partial charge in [-0.3, -0.25) is 4.90 Å². The van der Waals surface area contributed by atoms with E-state index in [1.54, 1.807) is 30.3 Å². The van der Waals surface area contributed by atoms with Crippen LogP contribution in [-0.2, 0) is 24.4 Å². The number of halogens is 2. The van der Waals surface area contributed by atoms with Crippen LogP contribution in [0, 0.1) is 17.1 Å². The number of rotatable bonds is 9. The molecule has 2 fully saturated rings. The minimum Gasteiger partial charge on any atom is -0.487 e. The zero-order valence-electron chi connectivity index (χ0n) is 22.2. The van der Waals surface area contributed by atoms with Gasteiger partial charge < -0.3 is 19.1 Å². The van der Waals surface area contributed by atoms with Crippen LogP contribution in [0.15, 0.2) is 54.6 Å². The van der Waals surface area contributed by atoms with Crippen molar-refractivity contribution >= 4 is 28.6 Å². The molecule has 41 heavy (non-hydrogen) atoms. The fraction of sp³-hybridized carbons (Fsp3) is 0.323. The molecule has 3 aromatic carbocycles. The highest BCUT2D eigenvalue weighted by molar-refractivity contribution is 6.30. The second kappa shape index (κ2) is 11.5. The van der Waals surface area contributed by atoms with Crippen molar-refractivity contribution in [2.24, 2.45) is 0 Å². The molecule has 10 heteroatoms. The number of carboxylic acid groups (broad SMARTS) is 1. The predicted molar refractivity (Wildman–Crippen MR) is 151 cm³/mol. The van der Waals surface area contributed by atoms with Crippen LogP contribution in [0.3, 0.4) is 0 Å². The largest absolute Gasteiger partial charge is 0.487 e. The Balaban J connectivity index is 1.17. The van der Waals surface area contributed by atoms with Crippen LogP contribution in [0.4, 0.5) is 4.39 Å². The second-order valence-electron chi connectivity index (χ2n) is 10.5. The quantitative estimate of drug-likeness (QED) is 0.271. The summed E-state index contributed by atoms with van der Waals surface area (Å²) in [6, 6.07) is 17.0. The molecule has 8 nitrogen and oxygen atoms in total. The second-order valence-corrected chi connectivity index (χ2v) is 11.0. The van der Waals surface area contributed by atoms with Crippen LogP contribution in [0.25, 0.3) is 11.0 Å². The lowest BCUT2D eigenvalue weighted by Gasteiger charge is -2.28. The van der Waals surface area contributed by atoms with E-state index < -0.39 is 5.97 Å². The zero-order chi connectivity index (χ0) is 28.5. The molecule has 2 aliphatic heterocycles. The van der Waals surface area contributed by atoms with E-state index in [4.69, 9.17) is 26.1 Å². The van der Waals surface area contributed by atoms with Gasteiger partial charge >= 0.3 is 5.97 Å². The number of carboxylic acids is 1. The van der Waals surface area contributed by atoms with Crippen LogP contribution in [-0.4, -0.2) is 51.3 Å². The number of fused-ring (bicyclic) bond motifs is 1. The molecule has 0 radical (unpaired) electrons. The van der Waals surface area contributed by atoms with Gasteiger partial charge in [-0.15, -0.1) is 0 Å². The van der Waals surface area contributed by atoms with Gasteiger partial charge in [-0.25, -0.2) is 14.2 Å². The minimum atomic E-state index is -0.966. The predicted octanol–water partition coefficient (Wildman–Crippen LogP) is 5.76.